The maximum Gasteiger partial charge on any atom is 0.235 e. The first-order valence-electron chi connectivity index (χ1n) is 2.57. The van der Waals surface area contributed by atoms with Gasteiger partial charge >= 0.3 is 0 Å². The van der Waals surface area contributed by atoms with Crippen LogP contribution in [0.3, 0.4) is 0 Å². The van der Waals surface area contributed by atoms with Crippen LogP contribution >= 0.6 is 22.6 Å². The molecule has 0 aliphatic heterocycles. The highest BCUT2D eigenvalue weighted by Crippen LogP contribution is 2.23. The average Bonchev–Trinajstić information content (AvgIpc) is 1.88. The van der Waals surface area contributed by atoms with Gasteiger partial charge in [0, 0.05) is 3.57 Å². The summed E-state index contributed by atoms with van der Waals surface area (Å²) in [6.07, 6.45) is 0. The van der Waals surface area contributed by atoms with Crippen molar-refractivity contribution in [3.63, 3.8) is 0 Å². The molecule has 0 fully saturated rings. The van der Waals surface area contributed by atoms with Gasteiger partial charge in [0.05, 0.1) is 6.57 Å². The van der Waals surface area contributed by atoms with Crippen LogP contribution in [0, 0.1) is 16.0 Å². The van der Waals surface area contributed by atoms with Gasteiger partial charge in [0.1, 0.15) is 5.82 Å². The fourth-order valence-electron chi connectivity index (χ4n) is 0.596. The monoisotopic (exact) mass is 247 g/mol. The predicted molar refractivity (Wildman–Crippen MR) is 45.4 cm³/mol. The summed E-state index contributed by atoms with van der Waals surface area (Å²) >= 11 is 1.93. The second-order valence-electron chi connectivity index (χ2n) is 1.68. The molecule has 1 nitrogen and oxygen atoms in total. The van der Waals surface area contributed by atoms with E-state index in [1.807, 2.05) is 22.6 Å². The van der Waals surface area contributed by atoms with Crippen molar-refractivity contribution in [2.24, 2.45) is 0 Å². The lowest BCUT2D eigenvalue weighted by Gasteiger charge is -1.93. The van der Waals surface area contributed by atoms with Crippen molar-refractivity contribution >= 4 is 28.3 Å². The second-order valence-corrected chi connectivity index (χ2v) is 2.84. The highest BCUT2D eigenvalue weighted by molar-refractivity contribution is 14.1. The van der Waals surface area contributed by atoms with Crippen LogP contribution in [0.4, 0.5) is 10.1 Å². The number of rotatable bonds is 0. The van der Waals surface area contributed by atoms with Crippen molar-refractivity contribution in [3.05, 3.63) is 39.0 Å². The van der Waals surface area contributed by atoms with Crippen molar-refractivity contribution in [1.82, 2.24) is 0 Å². The molecule has 0 amide bonds. The molecule has 0 spiro atoms. The first-order valence-corrected chi connectivity index (χ1v) is 3.65. The van der Waals surface area contributed by atoms with Crippen LogP contribution in [-0.2, 0) is 0 Å². The summed E-state index contributed by atoms with van der Waals surface area (Å²) in [5.74, 6) is -0.443. The third kappa shape index (κ3) is 1.27. The van der Waals surface area contributed by atoms with Gasteiger partial charge in [-0.1, -0.05) is 34.7 Å². The molecular weight excluding hydrogens is 244 g/mol. The molecule has 3 heteroatoms. The Morgan fingerprint density at radius 1 is 1.50 bits per heavy atom. The topological polar surface area (TPSA) is 4.36 Å². The van der Waals surface area contributed by atoms with Crippen LogP contribution in [0.5, 0.6) is 0 Å². The van der Waals surface area contributed by atoms with E-state index in [1.54, 1.807) is 12.1 Å². The van der Waals surface area contributed by atoms with E-state index in [0.717, 1.165) is 0 Å². The van der Waals surface area contributed by atoms with Gasteiger partial charge < -0.3 is 0 Å². The molecule has 0 radical (unpaired) electrons. The molecule has 1 rings (SSSR count). The fraction of sp³-hybridized carbons (Fsp3) is 0. The van der Waals surface area contributed by atoms with Gasteiger partial charge in [-0.3, -0.25) is 0 Å². The Labute approximate surface area is 71.8 Å². The van der Waals surface area contributed by atoms with Crippen LogP contribution < -0.4 is 0 Å². The first kappa shape index (κ1) is 7.48. The lowest BCUT2D eigenvalue weighted by Crippen LogP contribution is -1.76. The molecule has 0 saturated carbocycles. The van der Waals surface area contributed by atoms with Gasteiger partial charge in [-0.05, 0) is 6.07 Å². The number of halogens is 2. The van der Waals surface area contributed by atoms with Gasteiger partial charge in [0.2, 0.25) is 5.69 Å². The Morgan fingerprint density at radius 3 is 2.60 bits per heavy atom. The van der Waals surface area contributed by atoms with E-state index in [4.69, 9.17) is 6.57 Å². The molecule has 50 valence electrons. The Hall–Kier alpha value is -0.630. The molecule has 10 heavy (non-hydrogen) atoms. The molecule has 0 aliphatic carbocycles. The number of hydrogen-bond acceptors (Lipinski definition) is 0. The maximum atomic E-state index is 12.6. The molecule has 0 aliphatic rings. The summed E-state index contributed by atoms with van der Waals surface area (Å²) in [4.78, 5) is 3.04. The minimum absolute atomic E-state index is 0.114. The standard InChI is InChI=1S/C7H3FIN/c1-10-7-5(8)3-2-4-6(7)9/h2-4H. The largest absolute Gasteiger partial charge is 0.235 e. The van der Waals surface area contributed by atoms with E-state index in [0.29, 0.717) is 3.57 Å². The number of nitrogens with zero attached hydrogens (tertiary/aromatic N) is 1. The summed E-state index contributed by atoms with van der Waals surface area (Å²) < 4.78 is 13.3. The summed E-state index contributed by atoms with van der Waals surface area (Å²) in [5.41, 5.74) is 0.114. The average molecular weight is 247 g/mol. The zero-order chi connectivity index (χ0) is 7.56. The first-order chi connectivity index (χ1) is 4.75. The normalized spacial score (nSPS) is 8.90. The smallest absolute Gasteiger partial charge is 0.234 e. The van der Waals surface area contributed by atoms with Crippen molar-refractivity contribution in [1.29, 1.82) is 0 Å². The molecule has 0 aromatic heterocycles. The summed E-state index contributed by atoms with van der Waals surface area (Å²) in [6.45, 7) is 6.61. The second kappa shape index (κ2) is 2.97. The Kier molecular flexibility index (Phi) is 2.22. The fourth-order valence-corrected chi connectivity index (χ4v) is 1.18. The number of benzene rings is 1. The Morgan fingerprint density at radius 2 is 2.20 bits per heavy atom. The van der Waals surface area contributed by atoms with E-state index >= 15 is 0 Å². The van der Waals surface area contributed by atoms with Crippen molar-refractivity contribution in [2.75, 3.05) is 0 Å². The van der Waals surface area contributed by atoms with Crippen LogP contribution in [0.2, 0.25) is 0 Å². The minimum atomic E-state index is -0.443. The zero-order valence-electron chi connectivity index (χ0n) is 4.94. The SMILES string of the molecule is [C-]#[N+]c1c(F)cccc1I. The Balaban J connectivity index is 3.34. The van der Waals surface area contributed by atoms with Crippen LogP contribution in [0.25, 0.3) is 4.85 Å². The minimum Gasteiger partial charge on any atom is -0.234 e. The third-order valence-electron chi connectivity index (χ3n) is 1.05. The summed E-state index contributed by atoms with van der Waals surface area (Å²) in [6, 6.07) is 4.58. The van der Waals surface area contributed by atoms with Gasteiger partial charge in [-0.25, -0.2) is 9.24 Å². The highest BCUT2D eigenvalue weighted by Gasteiger charge is 2.03. The molecule has 0 heterocycles. The van der Waals surface area contributed by atoms with Crippen molar-refractivity contribution < 1.29 is 4.39 Å². The quantitative estimate of drug-likeness (QED) is 0.490. The van der Waals surface area contributed by atoms with Crippen LogP contribution in [0.1, 0.15) is 0 Å². The van der Waals surface area contributed by atoms with Gasteiger partial charge in [0.25, 0.3) is 0 Å². The van der Waals surface area contributed by atoms with E-state index < -0.39 is 5.82 Å². The van der Waals surface area contributed by atoms with Gasteiger partial charge in [-0.2, -0.15) is 0 Å². The molecule has 0 N–H and O–H groups in total. The molecule has 0 bridgehead atoms. The molecule has 0 unspecified atom stereocenters. The summed E-state index contributed by atoms with van der Waals surface area (Å²) in [5, 5.41) is 0. The van der Waals surface area contributed by atoms with Crippen molar-refractivity contribution in [3.8, 4) is 0 Å². The molecule has 0 atom stereocenters. The lowest BCUT2D eigenvalue weighted by atomic mass is 10.3. The molecule has 1 aromatic carbocycles. The molecular formula is C7H3FIN. The van der Waals surface area contributed by atoms with E-state index in [-0.39, 0.29) is 5.69 Å². The van der Waals surface area contributed by atoms with Gasteiger partial charge in [-0.15, -0.1) is 0 Å². The van der Waals surface area contributed by atoms with Gasteiger partial charge in [0.15, 0.2) is 0 Å². The lowest BCUT2D eigenvalue weighted by molar-refractivity contribution is 0.633. The third-order valence-corrected chi connectivity index (χ3v) is 1.92. The van der Waals surface area contributed by atoms with Crippen LogP contribution in [0.15, 0.2) is 18.2 Å². The van der Waals surface area contributed by atoms with E-state index in [9.17, 15) is 4.39 Å². The predicted octanol–water partition coefficient (Wildman–Crippen LogP) is 2.98. The zero-order valence-corrected chi connectivity index (χ0v) is 7.09. The highest BCUT2D eigenvalue weighted by atomic mass is 127. The maximum absolute atomic E-state index is 12.6. The number of hydrogen-bond donors (Lipinski definition) is 0. The van der Waals surface area contributed by atoms with E-state index in [2.05, 4.69) is 4.85 Å². The summed E-state index contributed by atoms with van der Waals surface area (Å²) in [7, 11) is 0. The Bertz CT molecular complexity index is 270. The van der Waals surface area contributed by atoms with Crippen molar-refractivity contribution in [2.45, 2.75) is 0 Å². The molecule has 1 aromatic rings. The van der Waals surface area contributed by atoms with Crippen LogP contribution in [-0.4, -0.2) is 0 Å². The number of para-hydroxylation sites is 1. The van der Waals surface area contributed by atoms with E-state index in [1.165, 1.54) is 6.07 Å². The molecule has 0 saturated heterocycles.